The van der Waals surface area contributed by atoms with Crippen LogP contribution in [0.4, 0.5) is 0 Å². The van der Waals surface area contributed by atoms with Crippen LogP contribution in [0.5, 0.6) is 0 Å². The highest BCUT2D eigenvalue weighted by Gasteiger charge is 2.20. The van der Waals surface area contributed by atoms with Crippen molar-refractivity contribution in [2.75, 3.05) is 0 Å². The Hall–Kier alpha value is -1.57. The molecule has 0 saturated heterocycles. The Balaban J connectivity index is 0.000000921. The molecule has 0 aliphatic carbocycles. The molecule has 1 N–H and O–H groups in total. The summed E-state index contributed by atoms with van der Waals surface area (Å²) in [5.41, 5.74) is 1.16. The first-order chi connectivity index (χ1) is 6.93. The molecule has 0 heterocycles. The van der Waals surface area contributed by atoms with Crippen molar-refractivity contribution < 1.29 is 9.90 Å². The van der Waals surface area contributed by atoms with Crippen LogP contribution in [-0.2, 0) is 5.41 Å². The number of carboxylic acids is 1. The zero-order chi connectivity index (χ0) is 12.1. The van der Waals surface area contributed by atoms with Crippen LogP contribution in [0, 0.1) is 0 Å². The van der Waals surface area contributed by atoms with Gasteiger partial charge in [-0.15, -0.1) is 13.2 Å². The van der Waals surface area contributed by atoms with Crippen molar-refractivity contribution in [3.8, 4) is 0 Å². The topological polar surface area (TPSA) is 37.3 Å². The first kappa shape index (κ1) is 13.4. The molecule has 0 atom stereocenters. The summed E-state index contributed by atoms with van der Waals surface area (Å²) in [7, 11) is 0. The molecule has 82 valence electrons. The summed E-state index contributed by atoms with van der Waals surface area (Å²) < 4.78 is 0. The van der Waals surface area contributed by atoms with Gasteiger partial charge in [0.2, 0.25) is 0 Å². The quantitative estimate of drug-likeness (QED) is 0.714. The highest BCUT2D eigenvalue weighted by molar-refractivity contribution is 5.89. The van der Waals surface area contributed by atoms with Crippen LogP contribution in [0.25, 0.3) is 0 Å². The summed E-state index contributed by atoms with van der Waals surface area (Å²) in [4.78, 5) is 10.9. The molecule has 0 amide bonds. The number of carboxylic acid groups (broad SMARTS) is 1. The zero-order valence-corrected chi connectivity index (χ0v) is 9.58. The van der Waals surface area contributed by atoms with Crippen LogP contribution in [0.3, 0.4) is 0 Å². The van der Waals surface area contributed by atoms with Crippen LogP contribution < -0.4 is 0 Å². The number of aromatic carboxylic acids is 1. The van der Waals surface area contributed by atoms with E-state index in [1.54, 1.807) is 12.1 Å². The zero-order valence-electron chi connectivity index (χ0n) is 9.58. The van der Waals surface area contributed by atoms with Gasteiger partial charge < -0.3 is 5.11 Å². The number of carbonyl (C=O) groups is 1. The predicted octanol–water partition coefficient (Wildman–Crippen LogP) is 3.48. The van der Waals surface area contributed by atoms with Crippen molar-refractivity contribution in [3.63, 3.8) is 0 Å². The van der Waals surface area contributed by atoms with Crippen molar-refractivity contribution in [1.29, 1.82) is 0 Å². The molecule has 0 bridgehead atoms. The molecule has 1 aromatic carbocycles. The Morgan fingerprint density at radius 2 is 1.67 bits per heavy atom. The van der Waals surface area contributed by atoms with E-state index in [9.17, 15) is 4.79 Å². The van der Waals surface area contributed by atoms with Gasteiger partial charge in [0.1, 0.15) is 0 Å². The first-order valence-corrected chi connectivity index (χ1v) is 4.76. The Kier molecular flexibility index (Phi) is 4.79. The molecular formula is C13H18O2. The molecule has 1 aromatic rings. The molecule has 15 heavy (non-hydrogen) atoms. The second-order valence-corrected chi connectivity index (χ2v) is 4.10. The maximum Gasteiger partial charge on any atom is 0.335 e. The highest BCUT2D eigenvalue weighted by atomic mass is 16.4. The molecule has 0 aromatic heterocycles. The van der Waals surface area contributed by atoms with Gasteiger partial charge in [0.05, 0.1) is 5.56 Å². The normalized spacial score (nSPS) is 10.1. The van der Waals surface area contributed by atoms with E-state index in [1.807, 2.05) is 32.9 Å². The lowest BCUT2D eigenvalue weighted by Crippen LogP contribution is -2.16. The average molecular weight is 206 g/mol. The predicted molar refractivity (Wildman–Crippen MR) is 63.4 cm³/mol. The number of hydrogen-bond acceptors (Lipinski definition) is 1. The largest absolute Gasteiger partial charge is 0.478 e. The van der Waals surface area contributed by atoms with Crippen molar-refractivity contribution in [3.05, 3.63) is 48.6 Å². The van der Waals surface area contributed by atoms with Crippen molar-refractivity contribution in [1.82, 2.24) is 0 Å². The van der Waals surface area contributed by atoms with E-state index in [2.05, 4.69) is 13.2 Å². The van der Waals surface area contributed by atoms with Crippen molar-refractivity contribution >= 4 is 5.97 Å². The lowest BCUT2D eigenvalue weighted by atomic mass is 9.84. The first-order valence-electron chi connectivity index (χ1n) is 4.76. The molecule has 0 aliphatic heterocycles. The van der Waals surface area contributed by atoms with Crippen LogP contribution in [0.2, 0.25) is 0 Å². The molecule has 0 fully saturated rings. The van der Waals surface area contributed by atoms with E-state index in [4.69, 9.17) is 5.11 Å². The summed E-state index contributed by atoms with van der Waals surface area (Å²) in [5.74, 6) is -0.856. The average Bonchev–Trinajstić information content (AvgIpc) is 2.19. The fourth-order valence-electron chi connectivity index (χ4n) is 1.32. The lowest BCUT2D eigenvalue weighted by molar-refractivity contribution is 0.0694. The van der Waals surface area contributed by atoms with Gasteiger partial charge in [0.15, 0.2) is 0 Å². The third-order valence-electron chi connectivity index (χ3n) is 1.97. The summed E-state index contributed by atoms with van der Waals surface area (Å²) in [6, 6.07) is 7.12. The molecule has 1 rings (SSSR count). The van der Waals surface area contributed by atoms with Gasteiger partial charge in [-0.1, -0.05) is 39.0 Å². The van der Waals surface area contributed by atoms with Gasteiger partial charge in [-0.25, -0.2) is 4.79 Å². The summed E-state index contributed by atoms with van der Waals surface area (Å²) in [6.45, 7) is 12.0. The second kappa shape index (κ2) is 5.35. The summed E-state index contributed by atoms with van der Waals surface area (Å²) in [6.07, 6.45) is 0. The van der Waals surface area contributed by atoms with Gasteiger partial charge in [-0.3, -0.25) is 0 Å². The number of rotatable bonds is 1. The SMILES string of the molecule is C=C.CC(C)(C)c1ccccc1C(=O)O. The fraction of sp³-hybridized carbons (Fsp3) is 0.308. The molecule has 0 aliphatic rings. The molecule has 0 saturated carbocycles. The van der Waals surface area contributed by atoms with E-state index < -0.39 is 5.97 Å². The monoisotopic (exact) mass is 206 g/mol. The van der Waals surface area contributed by atoms with Crippen molar-refractivity contribution in [2.45, 2.75) is 26.2 Å². The van der Waals surface area contributed by atoms with Gasteiger partial charge >= 0.3 is 5.97 Å². The van der Waals surface area contributed by atoms with E-state index in [0.29, 0.717) is 5.56 Å². The molecule has 0 unspecified atom stereocenters. The van der Waals surface area contributed by atoms with Crippen LogP contribution >= 0.6 is 0 Å². The molecule has 0 radical (unpaired) electrons. The second-order valence-electron chi connectivity index (χ2n) is 4.10. The van der Waals surface area contributed by atoms with E-state index in [-0.39, 0.29) is 5.41 Å². The molecule has 0 spiro atoms. The van der Waals surface area contributed by atoms with E-state index in [1.165, 1.54) is 0 Å². The maximum absolute atomic E-state index is 10.9. The van der Waals surface area contributed by atoms with Crippen LogP contribution in [-0.4, -0.2) is 11.1 Å². The third-order valence-corrected chi connectivity index (χ3v) is 1.97. The van der Waals surface area contributed by atoms with E-state index >= 15 is 0 Å². The number of hydrogen-bond donors (Lipinski definition) is 1. The van der Waals surface area contributed by atoms with Crippen LogP contribution in [0.15, 0.2) is 37.4 Å². The minimum atomic E-state index is -0.856. The van der Waals surface area contributed by atoms with Gasteiger partial charge in [-0.05, 0) is 17.0 Å². The minimum Gasteiger partial charge on any atom is -0.478 e. The Bertz CT molecular complexity index is 335. The van der Waals surface area contributed by atoms with Gasteiger partial charge in [0, 0.05) is 0 Å². The van der Waals surface area contributed by atoms with Gasteiger partial charge in [-0.2, -0.15) is 0 Å². The minimum absolute atomic E-state index is 0.116. The third kappa shape index (κ3) is 3.58. The Morgan fingerprint density at radius 1 is 1.20 bits per heavy atom. The van der Waals surface area contributed by atoms with E-state index in [0.717, 1.165) is 5.56 Å². The highest BCUT2D eigenvalue weighted by Crippen LogP contribution is 2.25. The Labute approximate surface area is 91.3 Å². The maximum atomic E-state index is 10.9. The smallest absolute Gasteiger partial charge is 0.335 e. The fourth-order valence-corrected chi connectivity index (χ4v) is 1.32. The number of benzene rings is 1. The van der Waals surface area contributed by atoms with Gasteiger partial charge in [0.25, 0.3) is 0 Å². The standard InChI is InChI=1S/C11H14O2.C2H4/c1-11(2,3)9-7-5-4-6-8(9)10(12)13;1-2/h4-7H,1-3H3,(H,12,13);1-2H2. The van der Waals surface area contributed by atoms with Crippen molar-refractivity contribution in [2.24, 2.45) is 0 Å². The molecular weight excluding hydrogens is 188 g/mol. The molecule has 2 nitrogen and oxygen atoms in total. The summed E-state index contributed by atoms with van der Waals surface area (Å²) >= 11 is 0. The molecule has 2 heteroatoms. The summed E-state index contributed by atoms with van der Waals surface area (Å²) in [5, 5.41) is 8.93. The lowest BCUT2D eigenvalue weighted by Gasteiger charge is -2.20. The van der Waals surface area contributed by atoms with Crippen LogP contribution in [0.1, 0.15) is 36.7 Å². The Morgan fingerprint density at radius 3 is 2.00 bits per heavy atom.